The second-order valence-corrected chi connectivity index (χ2v) is 10.3. The molecular weight excluding hydrogens is 487 g/mol. The number of fused-ring (bicyclic) bond motifs is 1. The number of thioether (sulfide) groups is 1. The lowest BCUT2D eigenvalue weighted by atomic mass is 9.83. The Morgan fingerprint density at radius 2 is 1.79 bits per heavy atom. The van der Waals surface area contributed by atoms with E-state index in [1.807, 2.05) is 50.2 Å². The van der Waals surface area contributed by atoms with E-state index in [2.05, 4.69) is 23.1 Å². The van der Waals surface area contributed by atoms with Crippen molar-refractivity contribution in [2.24, 2.45) is 4.99 Å². The number of allylic oxidation sites excluding steroid dienone is 2. The third-order valence-electron chi connectivity index (χ3n) is 6.24. The summed E-state index contributed by atoms with van der Waals surface area (Å²) in [5, 5.41) is 2.23. The number of amidine groups is 1. The van der Waals surface area contributed by atoms with Crippen molar-refractivity contribution >= 4 is 52.2 Å². The highest BCUT2D eigenvalue weighted by Gasteiger charge is 2.42. The molecular formula is C27H24Cl2N2O2S. The first-order valence-corrected chi connectivity index (χ1v) is 12.9. The van der Waals surface area contributed by atoms with E-state index >= 15 is 0 Å². The zero-order valence-corrected chi connectivity index (χ0v) is 21.3. The van der Waals surface area contributed by atoms with Gasteiger partial charge in [0.2, 0.25) is 0 Å². The molecule has 0 radical (unpaired) electrons. The van der Waals surface area contributed by atoms with Gasteiger partial charge in [-0.15, -0.1) is 0 Å². The molecule has 174 valence electrons. The highest BCUT2D eigenvalue weighted by molar-refractivity contribution is 8.18. The first kappa shape index (κ1) is 23.3. The molecule has 0 saturated heterocycles. The zero-order valence-electron chi connectivity index (χ0n) is 19.0. The maximum Gasteiger partial charge on any atom is 0.346 e. The van der Waals surface area contributed by atoms with Crippen LogP contribution in [0.15, 0.2) is 81.0 Å². The van der Waals surface area contributed by atoms with Crippen LogP contribution >= 0.6 is 35.0 Å². The fourth-order valence-electron chi connectivity index (χ4n) is 4.70. The molecule has 2 aromatic carbocycles. The molecule has 5 rings (SSSR count). The summed E-state index contributed by atoms with van der Waals surface area (Å²) in [5.41, 5.74) is 6.60. The summed E-state index contributed by atoms with van der Waals surface area (Å²) >= 11 is 13.7. The molecule has 2 aliphatic heterocycles. The molecule has 2 aromatic rings. The first-order chi connectivity index (χ1) is 16.5. The molecule has 0 fully saturated rings. The molecule has 2 heterocycles. The Balaban J connectivity index is 1.64. The van der Waals surface area contributed by atoms with Crippen LogP contribution in [0.1, 0.15) is 50.3 Å². The summed E-state index contributed by atoms with van der Waals surface area (Å²) in [5.74, 6) is -0.299. The van der Waals surface area contributed by atoms with Crippen LogP contribution in [0.25, 0.3) is 6.08 Å². The quantitative estimate of drug-likeness (QED) is 0.394. The number of esters is 1. The average molecular weight is 511 g/mol. The van der Waals surface area contributed by atoms with Crippen LogP contribution in [-0.4, -0.2) is 22.6 Å². The normalized spacial score (nSPS) is 20.9. The zero-order chi connectivity index (χ0) is 23.8. The highest BCUT2D eigenvalue weighted by Crippen LogP contribution is 2.51. The number of hydrogen-bond acceptors (Lipinski definition) is 5. The lowest BCUT2D eigenvalue weighted by molar-refractivity contribution is -0.137. The van der Waals surface area contributed by atoms with E-state index in [0.717, 1.165) is 52.0 Å². The van der Waals surface area contributed by atoms with Gasteiger partial charge in [-0.05, 0) is 97.5 Å². The summed E-state index contributed by atoms with van der Waals surface area (Å²) in [4.78, 5) is 20.6. The van der Waals surface area contributed by atoms with E-state index in [1.165, 1.54) is 22.9 Å². The van der Waals surface area contributed by atoms with Crippen molar-refractivity contribution in [2.45, 2.75) is 39.2 Å². The molecule has 3 aliphatic rings. The smallest absolute Gasteiger partial charge is 0.346 e. The molecule has 0 N–H and O–H groups in total. The number of nitrogens with zero attached hydrogens (tertiary/aromatic N) is 2. The topological polar surface area (TPSA) is 41.9 Å². The van der Waals surface area contributed by atoms with Crippen molar-refractivity contribution in [3.63, 3.8) is 0 Å². The summed E-state index contributed by atoms with van der Waals surface area (Å²) in [6.45, 7) is 4.14. The number of carbonyl (C=O) groups is 1. The average Bonchev–Trinajstić information content (AvgIpc) is 3.16. The van der Waals surface area contributed by atoms with Crippen LogP contribution in [0, 0.1) is 0 Å². The SMILES string of the molecule is CCOC(=O)C1=C(C)N2C(=NC3=C(CCC/C3=C/c3ccc(Cl)cc3)[C@H]2c2ccc(Cl)cc2)S1. The van der Waals surface area contributed by atoms with E-state index in [1.54, 1.807) is 0 Å². The maximum atomic E-state index is 12.7. The van der Waals surface area contributed by atoms with Crippen LogP contribution in [-0.2, 0) is 9.53 Å². The summed E-state index contributed by atoms with van der Waals surface area (Å²) < 4.78 is 5.33. The van der Waals surface area contributed by atoms with Crippen LogP contribution in [0.4, 0.5) is 0 Å². The van der Waals surface area contributed by atoms with Crippen LogP contribution < -0.4 is 0 Å². The molecule has 34 heavy (non-hydrogen) atoms. The monoisotopic (exact) mass is 510 g/mol. The number of carbonyl (C=O) groups excluding carboxylic acids is 1. The van der Waals surface area contributed by atoms with E-state index in [9.17, 15) is 4.79 Å². The first-order valence-electron chi connectivity index (χ1n) is 11.3. The van der Waals surface area contributed by atoms with Crippen LogP contribution in [0.3, 0.4) is 0 Å². The molecule has 7 heteroatoms. The molecule has 1 atom stereocenters. The van der Waals surface area contributed by atoms with E-state index in [0.29, 0.717) is 16.5 Å². The van der Waals surface area contributed by atoms with Crippen molar-refractivity contribution in [3.05, 3.63) is 97.1 Å². The Kier molecular flexibility index (Phi) is 6.61. The summed E-state index contributed by atoms with van der Waals surface area (Å²) in [7, 11) is 0. The number of halogens is 2. The minimum Gasteiger partial charge on any atom is -0.462 e. The van der Waals surface area contributed by atoms with Gasteiger partial charge in [-0.2, -0.15) is 0 Å². The molecule has 1 aliphatic carbocycles. The minimum atomic E-state index is -0.299. The molecule has 0 saturated carbocycles. The van der Waals surface area contributed by atoms with Crippen LogP contribution in [0.2, 0.25) is 10.0 Å². The fourth-order valence-corrected chi connectivity index (χ4v) is 6.00. The van der Waals surface area contributed by atoms with E-state index in [4.69, 9.17) is 32.9 Å². The predicted molar refractivity (Wildman–Crippen MR) is 141 cm³/mol. The lowest BCUT2D eigenvalue weighted by Crippen LogP contribution is -2.34. The standard InChI is InChI=1S/C27H24Cl2N2O2S/c1-3-33-26(32)25-16(2)31-24(18-9-13-21(29)14-10-18)22-6-4-5-19(23(22)30-27(31)34-25)15-17-7-11-20(28)12-8-17/h7-15,24H,3-6H2,1-2H3/b19-15-/t24-/m1/s1. The molecule has 0 aromatic heterocycles. The highest BCUT2D eigenvalue weighted by atomic mass is 35.5. The molecule has 0 unspecified atom stereocenters. The van der Waals surface area contributed by atoms with Crippen LogP contribution in [0.5, 0.6) is 0 Å². The molecule has 0 amide bonds. The Hall–Kier alpha value is -2.47. The van der Waals surface area contributed by atoms with Gasteiger partial charge in [0.05, 0.1) is 18.3 Å². The van der Waals surface area contributed by atoms with Crippen molar-refractivity contribution in [1.29, 1.82) is 0 Å². The number of benzene rings is 2. The number of aliphatic imine (C=N–C) groups is 1. The van der Waals surface area contributed by atoms with Crippen molar-refractivity contribution in [3.8, 4) is 0 Å². The number of hydrogen-bond donors (Lipinski definition) is 0. The number of ether oxygens (including phenoxy) is 1. The minimum absolute atomic E-state index is 0.0480. The van der Waals surface area contributed by atoms with Gasteiger partial charge in [0.25, 0.3) is 0 Å². The molecule has 0 spiro atoms. The maximum absolute atomic E-state index is 12.7. The van der Waals surface area contributed by atoms with Crippen molar-refractivity contribution in [1.82, 2.24) is 4.90 Å². The van der Waals surface area contributed by atoms with Gasteiger partial charge in [0, 0.05) is 15.7 Å². The Morgan fingerprint density at radius 3 is 2.47 bits per heavy atom. The third kappa shape index (κ3) is 4.33. The van der Waals surface area contributed by atoms with Gasteiger partial charge in [-0.25, -0.2) is 9.79 Å². The van der Waals surface area contributed by atoms with Gasteiger partial charge in [-0.1, -0.05) is 47.5 Å². The van der Waals surface area contributed by atoms with Crippen molar-refractivity contribution in [2.75, 3.05) is 6.61 Å². The van der Waals surface area contributed by atoms with Crippen molar-refractivity contribution < 1.29 is 9.53 Å². The van der Waals surface area contributed by atoms with E-state index < -0.39 is 0 Å². The Morgan fingerprint density at radius 1 is 1.12 bits per heavy atom. The predicted octanol–water partition coefficient (Wildman–Crippen LogP) is 7.77. The summed E-state index contributed by atoms with van der Waals surface area (Å²) in [6.07, 6.45) is 5.14. The lowest BCUT2D eigenvalue weighted by Gasteiger charge is -2.39. The Labute approximate surface area is 214 Å². The second kappa shape index (κ2) is 9.65. The van der Waals surface area contributed by atoms with Gasteiger partial charge in [0.1, 0.15) is 4.91 Å². The Bertz CT molecular complexity index is 1260. The van der Waals surface area contributed by atoms with Gasteiger partial charge in [-0.3, -0.25) is 0 Å². The van der Waals surface area contributed by atoms with E-state index in [-0.39, 0.29) is 12.0 Å². The molecule has 4 nitrogen and oxygen atoms in total. The molecule has 0 bridgehead atoms. The number of rotatable bonds is 4. The van der Waals surface area contributed by atoms with Gasteiger partial charge in [0.15, 0.2) is 5.17 Å². The second-order valence-electron chi connectivity index (χ2n) is 8.40. The summed E-state index contributed by atoms with van der Waals surface area (Å²) in [6, 6.07) is 15.8. The third-order valence-corrected chi connectivity index (χ3v) is 7.88. The van der Waals surface area contributed by atoms with Gasteiger partial charge < -0.3 is 9.64 Å². The largest absolute Gasteiger partial charge is 0.462 e. The fraction of sp³-hybridized carbons (Fsp3) is 0.259. The van der Waals surface area contributed by atoms with Gasteiger partial charge >= 0.3 is 5.97 Å².